The Labute approximate surface area is 245 Å². The molecule has 3 rings (SSSR count). The molecule has 0 bridgehead atoms. The van der Waals surface area contributed by atoms with E-state index in [0.717, 1.165) is 22.3 Å². The van der Waals surface area contributed by atoms with Crippen molar-refractivity contribution in [1.29, 1.82) is 0 Å². The highest BCUT2D eigenvalue weighted by molar-refractivity contribution is 7.92. The van der Waals surface area contributed by atoms with Crippen LogP contribution in [0.3, 0.4) is 0 Å². The first-order valence-corrected chi connectivity index (χ1v) is 15.8. The largest absolute Gasteiger partial charge is 0.350 e. The zero-order valence-electron chi connectivity index (χ0n) is 25.1. The van der Waals surface area contributed by atoms with Crippen LogP contribution in [-0.4, -0.2) is 49.5 Å². The number of carbonyl (C=O) groups excluding carboxylic acids is 2. The fourth-order valence-corrected chi connectivity index (χ4v) is 5.58. The molecule has 0 aliphatic carbocycles. The molecule has 0 aromatic heterocycles. The molecule has 0 aliphatic heterocycles. The third-order valence-corrected chi connectivity index (χ3v) is 7.91. The quantitative estimate of drug-likeness (QED) is 0.312. The van der Waals surface area contributed by atoms with Gasteiger partial charge in [-0.2, -0.15) is 0 Å². The van der Waals surface area contributed by atoms with E-state index in [1.54, 1.807) is 17.0 Å². The topological polar surface area (TPSA) is 86.8 Å². The predicted molar refractivity (Wildman–Crippen MR) is 166 cm³/mol. The van der Waals surface area contributed by atoms with E-state index in [2.05, 4.69) is 5.32 Å². The SMILES string of the molecule is Cc1ccc(CN(C(=O)CCCN(c2ccc(C)cc2)S(C)(=O)=O)[C@H](Cc2ccccc2)C(=O)NC(C)(C)C)cc1. The number of aryl methyl sites for hydroxylation is 2. The summed E-state index contributed by atoms with van der Waals surface area (Å²) in [7, 11) is -3.55. The first-order chi connectivity index (χ1) is 19.2. The molecule has 0 aliphatic rings. The Morgan fingerprint density at radius 3 is 1.93 bits per heavy atom. The zero-order chi connectivity index (χ0) is 30.2. The molecule has 0 heterocycles. The Hall–Kier alpha value is -3.65. The molecule has 1 atom stereocenters. The van der Waals surface area contributed by atoms with Gasteiger partial charge in [-0.1, -0.05) is 77.9 Å². The number of benzene rings is 3. The Morgan fingerprint density at radius 2 is 1.39 bits per heavy atom. The van der Waals surface area contributed by atoms with Gasteiger partial charge in [-0.15, -0.1) is 0 Å². The fraction of sp³-hybridized carbons (Fsp3) is 0.394. The summed E-state index contributed by atoms with van der Waals surface area (Å²) in [5.74, 6) is -0.424. The van der Waals surface area contributed by atoms with Crippen molar-refractivity contribution in [3.05, 3.63) is 101 Å². The van der Waals surface area contributed by atoms with Crippen molar-refractivity contribution in [2.45, 2.75) is 72.0 Å². The second-order valence-electron chi connectivity index (χ2n) is 11.7. The van der Waals surface area contributed by atoms with Gasteiger partial charge in [0.05, 0.1) is 11.9 Å². The van der Waals surface area contributed by atoms with Crippen LogP contribution in [0, 0.1) is 13.8 Å². The number of sulfonamides is 1. The van der Waals surface area contributed by atoms with Crippen molar-refractivity contribution in [1.82, 2.24) is 10.2 Å². The van der Waals surface area contributed by atoms with Crippen LogP contribution in [0.5, 0.6) is 0 Å². The third kappa shape index (κ3) is 10.0. The first kappa shape index (κ1) is 31.9. The standard InChI is InChI=1S/C33H43N3O4S/c1-25-14-18-28(19-15-25)24-35(30(32(38)34-33(3,4)5)23-27-11-8-7-9-12-27)31(37)13-10-22-36(41(6,39)40)29-20-16-26(2)17-21-29/h7-9,11-12,14-21,30H,10,13,22-24H2,1-6H3,(H,34,38)/t30-/m1/s1. The average molecular weight is 578 g/mol. The van der Waals surface area contributed by atoms with Crippen LogP contribution < -0.4 is 9.62 Å². The number of hydrogen-bond acceptors (Lipinski definition) is 4. The lowest BCUT2D eigenvalue weighted by atomic mass is 10.00. The van der Waals surface area contributed by atoms with Crippen LogP contribution in [0.4, 0.5) is 5.69 Å². The molecule has 0 saturated heterocycles. The Kier molecular flexibility index (Phi) is 10.7. The second-order valence-corrected chi connectivity index (χ2v) is 13.6. The molecule has 1 N–H and O–H groups in total. The van der Waals surface area contributed by atoms with Crippen molar-refractivity contribution in [2.24, 2.45) is 0 Å². The molecular formula is C33H43N3O4S. The van der Waals surface area contributed by atoms with Gasteiger partial charge in [0.1, 0.15) is 6.04 Å². The van der Waals surface area contributed by atoms with Gasteiger partial charge >= 0.3 is 0 Å². The third-order valence-electron chi connectivity index (χ3n) is 6.72. The van der Waals surface area contributed by atoms with E-state index in [4.69, 9.17) is 0 Å². The number of carbonyl (C=O) groups is 2. The van der Waals surface area contributed by atoms with Gasteiger partial charge in [-0.05, 0) is 64.3 Å². The summed E-state index contributed by atoms with van der Waals surface area (Å²) >= 11 is 0. The number of nitrogens with one attached hydrogen (secondary N) is 1. The smallest absolute Gasteiger partial charge is 0.243 e. The Morgan fingerprint density at radius 1 is 0.829 bits per heavy atom. The number of hydrogen-bond donors (Lipinski definition) is 1. The van der Waals surface area contributed by atoms with E-state index in [-0.39, 0.29) is 31.3 Å². The van der Waals surface area contributed by atoms with E-state index in [0.29, 0.717) is 18.5 Å². The van der Waals surface area contributed by atoms with Gasteiger partial charge in [0.25, 0.3) is 0 Å². The van der Waals surface area contributed by atoms with Crippen LogP contribution in [0.1, 0.15) is 55.9 Å². The van der Waals surface area contributed by atoms with Crippen molar-refractivity contribution in [2.75, 3.05) is 17.1 Å². The number of anilines is 1. The van der Waals surface area contributed by atoms with Gasteiger partial charge < -0.3 is 10.2 Å². The minimum atomic E-state index is -3.55. The summed E-state index contributed by atoms with van der Waals surface area (Å²) in [5, 5.41) is 3.07. The Balaban J connectivity index is 1.89. The predicted octanol–water partition coefficient (Wildman–Crippen LogP) is 5.40. The van der Waals surface area contributed by atoms with E-state index in [9.17, 15) is 18.0 Å². The highest BCUT2D eigenvalue weighted by atomic mass is 32.2. The zero-order valence-corrected chi connectivity index (χ0v) is 25.9. The highest BCUT2D eigenvalue weighted by Crippen LogP contribution is 2.21. The van der Waals surface area contributed by atoms with Crippen LogP contribution in [0.25, 0.3) is 0 Å². The Bertz CT molecular complexity index is 1400. The van der Waals surface area contributed by atoms with E-state index < -0.39 is 21.6 Å². The minimum absolute atomic E-state index is 0.0951. The molecule has 8 heteroatoms. The summed E-state index contributed by atoms with van der Waals surface area (Å²) in [6.07, 6.45) is 1.94. The summed E-state index contributed by atoms with van der Waals surface area (Å²) in [6.45, 7) is 10.1. The number of rotatable bonds is 12. The average Bonchev–Trinajstić information content (AvgIpc) is 2.89. The summed E-state index contributed by atoms with van der Waals surface area (Å²) in [4.78, 5) is 29.2. The first-order valence-electron chi connectivity index (χ1n) is 14.0. The molecule has 0 saturated carbocycles. The number of amides is 2. The van der Waals surface area contributed by atoms with Crippen LogP contribution in [0.2, 0.25) is 0 Å². The normalized spacial score (nSPS) is 12.4. The maximum Gasteiger partial charge on any atom is 0.243 e. The van der Waals surface area contributed by atoms with E-state index >= 15 is 0 Å². The van der Waals surface area contributed by atoms with Gasteiger partial charge in [-0.3, -0.25) is 13.9 Å². The van der Waals surface area contributed by atoms with E-state index in [1.165, 1.54) is 10.6 Å². The van der Waals surface area contributed by atoms with Crippen LogP contribution >= 0.6 is 0 Å². The van der Waals surface area contributed by atoms with E-state index in [1.807, 2.05) is 101 Å². The van der Waals surface area contributed by atoms with Gasteiger partial charge in [0.15, 0.2) is 0 Å². The molecule has 2 amide bonds. The summed E-state index contributed by atoms with van der Waals surface area (Å²) < 4.78 is 26.5. The van der Waals surface area contributed by atoms with Crippen molar-refractivity contribution >= 4 is 27.5 Å². The van der Waals surface area contributed by atoms with Crippen molar-refractivity contribution < 1.29 is 18.0 Å². The molecule has 220 valence electrons. The molecule has 7 nitrogen and oxygen atoms in total. The van der Waals surface area contributed by atoms with Crippen molar-refractivity contribution in [3.63, 3.8) is 0 Å². The number of nitrogens with zero attached hydrogens (tertiary/aromatic N) is 2. The minimum Gasteiger partial charge on any atom is -0.350 e. The molecule has 0 spiro atoms. The van der Waals surface area contributed by atoms with Gasteiger partial charge in [0.2, 0.25) is 21.8 Å². The lowest BCUT2D eigenvalue weighted by molar-refractivity contribution is -0.142. The second kappa shape index (κ2) is 13.8. The van der Waals surface area contributed by atoms with Crippen LogP contribution in [-0.2, 0) is 32.6 Å². The molecule has 0 radical (unpaired) electrons. The summed E-state index contributed by atoms with van der Waals surface area (Å²) in [5.41, 5.74) is 4.09. The molecule has 41 heavy (non-hydrogen) atoms. The molecule has 0 fully saturated rings. The highest BCUT2D eigenvalue weighted by Gasteiger charge is 2.32. The molecule has 3 aromatic carbocycles. The van der Waals surface area contributed by atoms with Crippen LogP contribution in [0.15, 0.2) is 78.9 Å². The molecule has 0 unspecified atom stereocenters. The monoisotopic (exact) mass is 577 g/mol. The fourth-order valence-electron chi connectivity index (χ4n) is 4.61. The van der Waals surface area contributed by atoms with Gasteiger partial charge in [-0.25, -0.2) is 8.42 Å². The van der Waals surface area contributed by atoms with Crippen molar-refractivity contribution in [3.8, 4) is 0 Å². The summed E-state index contributed by atoms with van der Waals surface area (Å²) in [6, 6.07) is 24.1. The maximum absolute atomic E-state index is 13.9. The van der Waals surface area contributed by atoms with Gasteiger partial charge in [0, 0.05) is 31.5 Å². The molecule has 3 aromatic rings. The molecular weight excluding hydrogens is 534 g/mol. The lowest BCUT2D eigenvalue weighted by Gasteiger charge is -2.34. The lowest BCUT2D eigenvalue weighted by Crippen LogP contribution is -2.54. The maximum atomic E-state index is 13.9.